The summed E-state index contributed by atoms with van der Waals surface area (Å²) in [6.07, 6.45) is -0.665. The Balaban J connectivity index is 1.50. The fraction of sp³-hybridized carbons (Fsp3) is 0.393. The second-order valence-electron chi connectivity index (χ2n) is 9.47. The van der Waals surface area contributed by atoms with Crippen molar-refractivity contribution in [1.29, 1.82) is 0 Å². The van der Waals surface area contributed by atoms with Gasteiger partial charge in [-0.3, -0.25) is 9.48 Å². The van der Waals surface area contributed by atoms with Crippen molar-refractivity contribution >= 4 is 11.9 Å². The molecule has 0 spiro atoms. The molecule has 1 fully saturated rings. The van der Waals surface area contributed by atoms with E-state index in [2.05, 4.69) is 14.8 Å². The molecule has 1 amide bonds. The highest BCUT2D eigenvalue weighted by atomic mass is 19.4. The minimum absolute atomic E-state index is 0.266. The molecule has 1 aliphatic rings. The number of aliphatic hydroxyl groups is 1. The number of rotatable bonds is 9. The molecule has 0 bridgehead atoms. The van der Waals surface area contributed by atoms with Gasteiger partial charge in [0.15, 0.2) is 6.10 Å². The maximum Gasteiger partial charge on any atom is 0.573 e. The van der Waals surface area contributed by atoms with Gasteiger partial charge >= 0.3 is 12.3 Å². The SMILES string of the molecule is COC(=O)[C@H](O)CNC(=O)c1ccc(Cn2nc(-c3ccc(OC(F)(F)F)cc3)cc2C2CCCCC2)cc1. The quantitative estimate of drug-likeness (QED) is 0.374. The van der Waals surface area contributed by atoms with Crippen LogP contribution in [0.1, 0.15) is 59.6 Å². The first-order valence-electron chi connectivity index (χ1n) is 12.7. The summed E-state index contributed by atoms with van der Waals surface area (Å²) in [6, 6.07) is 14.6. The first-order chi connectivity index (χ1) is 18.6. The van der Waals surface area contributed by atoms with E-state index < -0.39 is 24.3 Å². The number of hydrogen-bond donors (Lipinski definition) is 2. The summed E-state index contributed by atoms with van der Waals surface area (Å²) >= 11 is 0. The molecule has 1 atom stereocenters. The van der Waals surface area contributed by atoms with E-state index in [1.54, 1.807) is 36.4 Å². The number of ether oxygens (including phenoxy) is 2. The molecule has 3 aromatic rings. The van der Waals surface area contributed by atoms with Gasteiger partial charge in [0.25, 0.3) is 5.91 Å². The van der Waals surface area contributed by atoms with Crippen molar-refractivity contribution in [1.82, 2.24) is 15.1 Å². The number of carbonyl (C=O) groups excluding carboxylic acids is 2. The van der Waals surface area contributed by atoms with Gasteiger partial charge in [0.05, 0.1) is 25.9 Å². The van der Waals surface area contributed by atoms with Crippen molar-refractivity contribution in [3.8, 4) is 17.0 Å². The third kappa shape index (κ3) is 7.60. The number of amides is 1. The molecule has 39 heavy (non-hydrogen) atoms. The van der Waals surface area contributed by atoms with Crippen LogP contribution < -0.4 is 10.1 Å². The molecule has 0 unspecified atom stereocenters. The molecule has 11 heteroatoms. The fourth-order valence-electron chi connectivity index (χ4n) is 4.70. The normalized spacial score (nSPS) is 15.0. The van der Waals surface area contributed by atoms with Crippen LogP contribution in [0, 0.1) is 0 Å². The molecule has 2 N–H and O–H groups in total. The zero-order chi connectivity index (χ0) is 28.0. The summed E-state index contributed by atoms with van der Waals surface area (Å²) in [5.74, 6) is -1.23. The van der Waals surface area contributed by atoms with E-state index in [4.69, 9.17) is 5.10 Å². The molecule has 1 aliphatic carbocycles. The first kappa shape index (κ1) is 28.2. The van der Waals surface area contributed by atoms with E-state index in [-0.39, 0.29) is 12.3 Å². The molecular weight excluding hydrogens is 515 g/mol. The number of aromatic nitrogens is 2. The van der Waals surface area contributed by atoms with Gasteiger partial charge in [-0.2, -0.15) is 5.10 Å². The maximum absolute atomic E-state index is 12.5. The average molecular weight is 546 g/mol. The summed E-state index contributed by atoms with van der Waals surface area (Å²) in [5.41, 5.74) is 3.68. The lowest BCUT2D eigenvalue weighted by molar-refractivity contribution is -0.274. The molecule has 2 aromatic carbocycles. The Kier molecular flexibility index (Phi) is 8.90. The van der Waals surface area contributed by atoms with E-state index in [1.165, 1.54) is 18.6 Å². The Bertz CT molecular complexity index is 1270. The number of methoxy groups -OCH3 is 1. The van der Waals surface area contributed by atoms with Crippen LogP contribution in [0.2, 0.25) is 0 Å². The van der Waals surface area contributed by atoms with Crippen LogP contribution in [0.4, 0.5) is 13.2 Å². The molecular formula is C28H30F3N3O5. The van der Waals surface area contributed by atoms with E-state index >= 15 is 0 Å². The summed E-state index contributed by atoms with van der Waals surface area (Å²) in [7, 11) is 1.15. The minimum Gasteiger partial charge on any atom is -0.467 e. The van der Waals surface area contributed by atoms with Crippen molar-refractivity contribution in [3.63, 3.8) is 0 Å². The minimum atomic E-state index is -4.75. The van der Waals surface area contributed by atoms with Gasteiger partial charge in [-0.25, -0.2) is 4.79 Å². The van der Waals surface area contributed by atoms with Gasteiger partial charge in [0.2, 0.25) is 0 Å². The van der Waals surface area contributed by atoms with Gasteiger partial charge in [-0.15, -0.1) is 13.2 Å². The Hall–Kier alpha value is -3.86. The summed E-state index contributed by atoms with van der Waals surface area (Å²) < 4.78 is 47.9. The van der Waals surface area contributed by atoms with Crippen LogP contribution in [0.15, 0.2) is 54.6 Å². The number of nitrogens with one attached hydrogen (secondary N) is 1. The summed E-state index contributed by atoms with van der Waals surface area (Å²) in [6.45, 7) is 0.182. The van der Waals surface area contributed by atoms with Crippen LogP contribution >= 0.6 is 0 Å². The predicted octanol–water partition coefficient (Wildman–Crippen LogP) is 4.81. The molecule has 0 radical (unpaired) electrons. The lowest BCUT2D eigenvalue weighted by Crippen LogP contribution is -2.37. The highest BCUT2D eigenvalue weighted by Gasteiger charge is 2.31. The molecule has 1 saturated carbocycles. The second-order valence-corrected chi connectivity index (χ2v) is 9.47. The fourth-order valence-corrected chi connectivity index (χ4v) is 4.70. The average Bonchev–Trinajstić information content (AvgIpc) is 3.35. The van der Waals surface area contributed by atoms with Crippen molar-refractivity contribution in [2.45, 2.75) is 57.0 Å². The van der Waals surface area contributed by atoms with E-state index in [9.17, 15) is 27.9 Å². The number of nitrogens with zero attached hydrogens (tertiary/aromatic N) is 2. The predicted molar refractivity (Wildman–Crippen MR) is 136 cm³/mol. The van der Waals surface area contributed by atoms with Gasteiger partial charge in [0.1, 0.15) is 5.75 Å². The third-order valence-electron chi connectivity index (χ3n) is 6.70. The monoisotopic (exact) mass is 545 g/mol. The second kappa shape index (κ2) is 12.3. The van der Waals surface area contributed by atoms with Gasteiger partial charge in [0, 0.05) is 22.7 Å². The topological polar surface area (TPSA) is 103 Å². The van der Waals surface area contributed by atoms with Gasteiger partial charge in [-0.1, -0.05) is 31.4 Å². The Morgan fingerprint density at radius 2 is 1.74 bits per heavy atom. The van der Waals surface area contributed by atoms with Crippen molar-refractivity contribution in [3.05, 3.63) is 71.4 Å². The number of carbonyl (C=O) groups is 2. The van der Waals surface area contributed by atoms with Crippen molar-refractivity contribution in [2.75, 3.05) is 13.7 Å². The Morgan fingerprint density at radius 1 is 1.08 bits per heavy atom. The zero-order valence-corrected chi connectivity index (χ0v) is 21.4. The molecule has 208 valence electrons. The highest BCUT2D eigenvalue weighted by Crippen LogP contribution is 2.35. The van der Waals surface area contributed by atoms with Crippen molar-refractivity contribution in [2.24, 2.45) is 0 Å². The first-order valence-corrected chi connectivity index (χ1v) is 12.7. The van der Waals surface area contributed by atoms with Crippen LogP contribution in [-0.4, -0.2) is 52.9 Å². The molecule has 1 heterocycles. The van der Waals surface area contributed by atoms with Crippen LogP contribution in [0.25, 0.3) is 11.3 Å². The number of aliphatic hydroxyl groups excluding tert-OH is 1. The van der Waals surface area contributed by atoms with Crippen LogP contribution in [-0.2, 0) is 16.1 Å². The van der Waals surface area contributed by atoms with E-state index in [0.717, 1.165) is 44.1 Å². The van der Waals surface area contributed by atoms with Crippen LogP contribution in [0.3, 0.4) is 0 Å². The molecule has 1 aromatic heterocycles. The van der Waals surface area contributed by atoms with E-state index in [1.807, 2.05) is 10.7 Å². The summed E-state index contributed by atoms with van der Waals surface area (Å²) in [4.78, 5) is 23.7. The Morgan fingerprint density at radius 3 is 2.36 bits per heavy atom. The highest BCUT2D eigenvalue weighted by molar-refractivity contribution is 5.94. The van der Waals surface area contributed by atoms with Gasteiger partial charge < -0.3 is 19.9 Å². The lowest BCUT2D eigenvalue weighted by Gasteiger charge is -2.22. The number of esters is 1. The van der Waals surface area contributed by atoms with Gasteiger partial charge in [-0.05, 0) is 60.9 Å². The molecule has 0 saturated heterocycles. The van der Waals surface area contributed by atoms with Crippen molar-refractivity contribution < 1.29 is 37.3 Å². The van der Waals surface area contributed by atoms with E-state index in [0.29, 0.717) is 29.3 Å². The zero-order valence-electron chi connectivity index (χ0n) is 21.4. The number of hydrogen-bond acceptors (Lipinski definition) is 6. The third-order valence-corrected chi connectivity index (χ3v) is 6.70. The smallest absolute Gasteiger partial charge is 0.467 e. The largest absolute Gasteiger partial charge is 0.573 e. The number of alkyl halides is 3. The molecule has 4 rings (SSSR count). The number of halogens is 3. The molecule has 8 nitrogen and oxygen atoms in total. The summed E-state index contributed by atoms with van der Waals surface area (Å²) in [5, 5.41) is 16.9. The Labute approximate surface area is 223 Å². The molecule has 0 aliphatic heterocycles. The standard InChI is InChI=1S/C28H30F3N3O5/c1-38-27(37)25(35)16-32-26(36)21-9-7-18(8-10-21)17-34-24(20-5-3-2-4-6-20)15-23(33-34)19-11-13-22(14-12-19)39-28(29,30)31/h7-15,20,25,35H,2-6,16-17H2,1H3,(H,32,36)/t25-/m1/s1. The van der Waals surface area contributed by atoms with Crippen LogP contribution in [0.5, 0.6) is 5.75 Å². The maximum atomic E-state index is 12.5. The number of benzene rings is 2. The lowest BCUT2D eigenvalue weighted by atomic mass is 9.86.